The standard InChI is InChI=1S/C13H20N2S2/c1-3-5-9-15-10-7-6-8-11(17-4-2)12(10)13(14)16/h6-8,15H,3-5,9H2,1-2H3,(H2,14,16). The minimum atomic E-state index is 0.473. The molecule has 17 heavy (non-hydrogen) atoms. The van der Waals surface area contributed by atoms with E-state index >= 15 is 0 Å². The first-order chi connectivity index (χ1) is 8.20. The van der Waals surface area contributed by atoms with Gasteiger partial charge in [0, 0.05) is 22.7 Å². The Kier molecular flexibility index (Phi) is 6.37. The van der Waals surface area contributed by atoms with Gasteiger partial charge in [-0.05, 0) is 24.3 Å². The van der Waals surface area contributed by atoms with Crippen LogP contribution < -0.4 is 11.1 Å². The summed E-state index contributed by atoms with van der Waals surface area (Å²) in [5, 5.41) is 3.41. The third-order valence-corrected chi connectivity index (χ3v) is 3.56. The van der Waals surface area contributed by atoms with E-state index in [0.29, 0.717) is 4.99 Å². The quantitative estimate of drug-likeness (QED) is 0.450. The Balaban J connectivity index is 2.94. The zero-order chi connectivity index (χ0) is 12.7. The summed E-state index contributed by atoms with van der Waals surface area (Å²) in [7, 11) is 0. The van der Waals surface area contributed by atoms with E-state index in [0.717, 1.165) is 30.0 Å². The van der Waals surface area contributed by atoms with E-state index in [1.165, 1.54) is 11.3 Å². The largest absolute Gasteiger partial charge is 0.389 e. The molecule has 94 valence electrons. The molecule has 0 saturated heterocycles. The maximum absolute atomic E-state index is 5.83. The van der Waals surface area contributed by atoms with Crippen molar-refractivity contribution in [2.24, 2.45) is 5.73 Å². The van der Waals surface area contributed by atoms with Gasteiger partial charge in [-0.15, -0.1) is 11.8 Å². The van der Waals surface area contributed by atoms with E-state index < -0.39 is 0 Å². The molecule has 0 aliphatic carbocycles. The molecule has 1 rings (SSSR count). The molecule has 0 amide bonds. The fourth-order valence-electron chi connectivity index (χ4n) is 1.61. The monoisotopic (exact) mass is 268 g/mol. The maximum atomic E-state index is 5.83. The van der Waals surface area contributed by atoms with Crippen LogP contribution in [0.2, 0.25) is 0 Å². The van der Waals surface area contributed by atoms with Gasteiger partial charge >= 0.3 is 0 Å². The van der Waals surface area contributed by atoms with Crippen LogP contribution in [0.5, 0.6) is 0 Å². The molecule has 0 aliphatic heterocycles. The van der Waals surface area contributed by atoms with Gasteiger partial charge < -0.3 is 11.1 Å². The summed E-state index contributed by atoms with van der Waals surface area (Å²) in [5.41, 5.74) is 7.88. The smallest absolute Gasteiger partial charge is 0.107 e. The molecule has 3 N–H and O–H groups in total. The highest BCUT2D eigenvalue weighted by Crippen LogP contribution is 2.28. The van der Waals surface area contributed by atoms with Gasteiger partial charge in [0.05, 0.1) is 0 Å². The normalized spacial score (nSPS) is 10.2. The highest BCUT2D eigenvalue weighted by Gasteiger charge is 2.10. The molecule has 4 heteroatoms. The van der Waals surface area contributed by atoms with Gasteiger partial charge in [-0.25, -0.2) is 0 Å². The molecule has 0 spiro atoms. The zero-order valence-corrected chi connectivity index (χ0v) is 12.1. The second-order valence-electron chi connectivity index (χ2n) is 3.76. The number of hydrogen-bond donors (Lipinski definition) is 2. The molecule has 0 aliphatic rings. The van der Waals surface area contributed by atoms with E-state index in [2.05, 4.69) is 25.2 Å². The Bertz CT molecular complexity index is 378. The predicted molar refractivity (Wildman–Crippen MR) is 82.1 cm³/mol. The highest BCUT2D eigenvalue weighted by atomic mass is 32.2. The van der Waals surface area contributed by atoms with E-state index in [-0.39, 0.29) is 0 Å². The molecule has 0 unspecified atom stereocenters. The summed E-state index contributed by atoms with van der Waals surface area (Å²) >= 11 is 6.93. The summed E-state index contributed by atoms with van der Waals surface area (Å²) in [6.45, 7) is 5.27. The van der Waals surface area contributed by atoms with Gasteiger partial charge in [0.2, 0.25) is 0 Å². The van der Waals surface area contributed by atoms with Crippen molar-refractivity contribution in [3.63, 3.8) is 0 Å². The van der Waals surface area contributed by atoms with Crippen molar-refractivity contribution in [1.29, 1.82) is 0 Å². The van der Waals surface area contributed by atoms with E-state index in [1.807, 2.05) is 12.1 Å². The third-order valence-electron chi connectivity index (χ3n) is 2.42. The topological polar surface area (TPSA) is 38.0 Å². The van der Waals surface area contributed by atoms with Crippen LogP contribution in [0, 0.1) is 0 Å². The average Bonchev–Trinajstić information content (AvgIpc) is 2.29. The molecule has 0 aromatic heterocycles. The predicted octanol–water partition coefficient (Wildman–Crippen LogP) is 3.64. The van der Waals surface area contributed by atoms with E-state index in [4.69, 9.17) is 18.0 Å². The fourth-order valence-corrected chi connectivity index (χ4v) is 2.74. The van der Waals surface area contributed by atoms with Crippen molar-refractivity contribution in [3.8, 4) is 0 Å². The zero-order valence-electron chi connectivity index (χ0n) is 10.5. The molecule has 0 heterocycles. The molecule has 0 atom stereocenters. The third kappa shape index (κ3) is 4.21. The Labute approximate surface area is 113 Å². The summed E-state index contributed by atoms with van der Waals surface area (Å²) in [6, 6.07) is 6.17. The summed E-state index contributed by atoms with van der Waals surface area (Å²) < 4.78 is 0. The lowest BCUT2D eigenvalue weighted by Crippen LogP contribution is -2.15. The second-order valence-corrected chi connectivity index (χ2v) is 5.50. The van der Waals surface area contributed by atoms with E-state index in [1.54, 1.807) is 11.8 Å². The molecule has 0 radical (unpaired) electrons. The maximum Gasteiger partial charge on any atom is 0.107 e. The van der Waals surface area contributed by atoms with Crippen LogP contribution >= 0.6 is 24.0 Å². The lowest BCUT2D eigenvalue weighted by atomic mass is 10.1. The molecular formula is C13H20N2S2. The average molecular weight is 268 g/mol. The minimum absolute atomic E-state index is 0.473. The van der Waals surface area contributed by atoms with Gasteiger partial charge in [0.1, 0.15) is 4.99 Å². The minimum Gasteiger partial charge on any atom is -0.389 e. The first kappa shape index (κ1) is 14.3. The Morgan fingerprint density at radius 1 is 1.41 bits per heavy atom. The van der Waals surface area contributed by atoms with Crippen molar-refractivity contribution < 1.29 is 0 Å². The van der Waals surface area contributed by atoms with Gasteiger partial charge in [-0.2, -0.15) is 0 Å². The van der Waals surface area contributed by atoms with Crippen molar-refractivity contribution in [2.75, 3.05) is 17.6 Å². The Hall–Kier alpha value is -0.740. The summed E-state index contributed by atoms with van der Waals surface area (Å²) in [5.74, 6) is 1.02. The molecule has 2 nitrogen and oxygen atoms in total. The Morgan fingerprint density at radius 3 is 2.76 bits per heavy atom. The number of benzene rings is 1. The SMILES string of the molecule is CCCCNc1cccc(SCC)c1C(N)=S. The van der Waals surface area contributed by atoms with Crippen LogP contribution in [-0.2, 0) is 0 Å². The first-order valence-corrected chi connectivity index (χ1v) is 7.39. The molecule has 0 bridgehead atoms. The second kappa shape index (κ2) is 7.56. The summed E-state index contributed by atoms with van der Waals surface area (Å²) in [4.78, 5) is 1.64. The fraction of sp³-hybridized carbons (Fsp3) is 0.462. The number of thioether (sulfide) groups is 1. The molecule has 1 aromatic rings. The molecular weight excluding hydrogens is 248 g/mol. The van der Waals surface area contributed by atoms with Crippen LogP contribution in [0.3, 0.4) is 0 Å². The summed E-state index contributed by atoms with van der Waals surface area (Å²) in [6.07, 6.45) is 2.33. The molecule has 0 fully saturated rings. The van der Waals surface area contributed by atoms with Crippen molar-refractivity contribution >= 4 is 34.7 Å². The van der Waals surface area contributed by atoms with Crippen LogP contribution in [0.4, 0.5) is 5.69 Å². The number of unbranched alkanes of at least 4 members (excludes halogenated alkanes) is 1. The lowest BCUT2D eigenvalue weighted by molar-refractivity contribution is 0.834. The van der Waals surface area contributed by atoms with Crippen LogP contribution in [0.15, 0.2) is 23.1 Å². The van der Waals surface area contributed by atoms with Crippen molar-refractivity contribution in [2.45, 2.75) is 31.6 Å². The van der Waals surface area contributed by atoms with Gasteiger partial charge in [0.15, 0.2) is 0 Å². The highest BCUT2D eigenvalue weighted by molar-refractivity contribution is 7.99. The lowest BCUT2D eigenvalue weighted by Gasteiger charge is -2.14. The van der Waals surface area contributed by atoms with Gasteiger partial charge in [-0.3, -0.25) is 0 Å². The molecule has 0 saturated carbocycles. The van der Waals surface area contributed by atoms with Gasteiger partial charge in [-0.1, -0.05) is 38.6 Å². The van der Waals surface area contributed by atoms with Crippen LogP contribution in [0.25, 0.3) is 0 Å². The number of rotatable bonds is 7. The number of hydrogen-bond acceptors (Lipinski definition) is 3. The number of nitrogens with one attached hydrogen (secondary N) is 1. The Morgan fingerprint density at radius 2 is 2.18 bits per heavy atom. The number of anilines is 1. The van der Waals surface area contributed by atoms with Crippen molar-refractivity contribution in [3.05, 3.63) is 23.8 Å². The first-order valence-electron chi connectivity index (χ1n) is 6.00. The van der Waals surface area contributed by atoms with Crippen LogP contribution in [0.1, 0.15) is 32.3 Å². The van der Waals surface area contributed by atoms with Crippen LogP contribution in [-0.4, -0.2) is 17.3 Å². The number of thiocarbonyl (C=S) groups is 1. The number of nitrogens with two attached hydrogens (primary N) is 1. The van der Waals surface area contributed by atoms with E-state index in [9.17, 15) is 0 Å². The molecule has 1 aromatic carbocycles. The van der Waals surface area contributed by atoms with Crippen molar-refractivity contribution in [1.82, 2.24) is 0 Å². The van der Waals surface area contributed by atoms with Gasteiger partial charge in [0.25, 0.3) is 0 Å².